The van der Waals surface area contributed by atoms with Crippen LogP contribution >= 0.6 is 11.3 Å². The largest absolute Gasteiger partial charge is 0.362 e. The van der Waals surface area contributed by atoms with Crippen molar-refractivity contribution in [3.63, 3.8) is 0 Å². The number of H-pyrrole nitrogens is 1. The van der Waals surface area contributed by atoms with Crippen molar-refractivity contribution in [2.24, 2.45) is 0 Å². The summed E-state index contributed by atoms with van der Waals surface area (Å²) in [5, 5.41) is 2.09. The molecule has 1 N–H and O–H groups in total. The van der Waals surface area contributed by atoms with E-state index in [0.29, 0.717) is 6.54 Å². The third-order valence-corrected chi connectivity index (χ3v) is 4.12. The Labute approximate surface area is 118 Å². The second kappa shape index (κ2) is 6.17. The molecule has 0 saturated carbocycles. The van der Waals surface area contributed by atoms with Crippen LogP contribution in [0.4, 0.5) is 0 Å². The predicted molar refractivity (Wildman–Crippen MR) is 80.1 cm³/mol. The molecule has 0 unspecified atom stereocenters. The molecule has 0 aliphatic heterocycles. The van der Waals surface area contributed by atoms with Gasteiger partial charge in [-0.2, -0.15) is 0 Å². The fourth-order valence-corrected chi connectivity index (χ4v) is 2.88. The van der Waals surface area contributed by atoms with E-state index in [0.717, 1.165) is 29.9 Å². The summed E-state index contributed by atoms with van der Waals surface area (Å²) < 4.78 is 0. The van der Waals surface area contributed by atoms with E-state index in [-0.39, 0.29) is 5.78 Å². The van der Waals surface area contributed by atoms with Crippen LogP contribution in [-0.2, 0) is 6.42 Å². The predicted octanol–water partition coefficient (Wildman–Crippen LogP) is 3.05. The normalized spacial score (nSPS) is 11.2. The van der Waals surface area contributed by atoms with Gasteiger partial charge < -0.3 is 4.98 Å². The van der Waals surface area contributed by atoms with Gasteiger partial charge >= 0.3 is 0 Å². The highest BCUT2D eigenvalue weighted by atomic mass is 32.1. The molecule has 0 spiro atoms. The lowest BCUT2D eigenvalue weighted by molar-refractivity contribution is 0.0946. The Morgan fingerprint density at radius 1 is 1.42 bits per heavy atom. The highest BCUT2D eigenvalue weighted by Crippen LogP contribution is 2.12. The van der Waals surface area contributed by atoms with Crippen LogP contribution in [0.25, 0.3) is 0 Å². The Kier molecular flexibility index (Phi) is 4.56. The molecule has 3 nitrogen and oxygen atoms in total. The van der Waals surface area contributed by atoms with E-state index in [4.69, 9.17) is 0 Å². The van der Waals surface area contributed by atoms with Crippen LogP contribution in [0.15, 0.2) is 23.6 Å². The number of carbonyl (C=O) groups excluding carboxylic acids is 1. The van der Waals surface area contributed by atoms with Crippen molar-refractivity contribution in [3.05, 3.63) is 45.4 Å². The van der Waals surface area contributed by atoms with Gasteiger partial charge in [0.2, 0.25) is 0 Å². The standard InChI is InChI=1S/C15H20N2OS/c1-11-9-14(12(2)16-11)15(18)10-17(3)7-6-13-5-4-8-19-13/h4-5,8-9,16H,6-7,10H2,1-3H3. The van der Waals surface area contributed by atoms with Gasteiger partial charge in [-0.25, -0.2) is 0 Å². The average molecular weight is 276 g/mol. The molecule has 0 aliphatic rings. The Hall–Kier alpha value is -1.39. The number of carbonyl (C=O) groups is 1. The van der Waals surface area contributed by atoms with Crippen molar-refractivity contribution < 1.29 is 4.79 Å². The monoisotopic (exact) mass is 276 g/mol. The summed E-state index contributed by atoms with van der Waals surface area (Å²) in [7, 11) is 2.00. The summed E-state index contributed by atoms with van der Waals surface area (Å²) in [5.41, 5.74) is 2.83. The van der Waals surface area contributed by atoms with Gasteiger partial charge in [0, 0.05) is 28.4 Å². The molecule has 4 heteroatoms. The molecule has 0 fully saturated rings. The SMILES string of the molecule is Cc1cc(C(=O)CN(C)CCc2cccs2)c(C)[nH]1. The minimum Gasteiger partial charge on any atom is -0.362 e. The number of aromatic amines is 1. The zero-order chi connectivity index (χ0) is 13.8. The van der Waals surface area contributed by atoms with Gasteiger partial charge in [-0.05, 0) is 44.8 Å². The van der Waals surface area contributed by atoms with E-state index < -0.39 is 0 Å². The number of nitrogens with zero attached hydrogens (tertiary/aromatic N) is 1. The van der Waals surface area contributed by atoms with Gasteiger partial charge in [-0.15, -0.1) is 11.3 Å². The highest BCUT2D eigenvalue weighted by Gasteiger charge is 2.13. The molecule has 102 valence electrons. The number of aryl methyl sites for hydroxylation is 2. The summed E-state index contributed by atoms with van der Waals surface area (Å²) in [6.07, 6.45) is 1.01. The van der Waals surface area contributed by atoms with Crippen molar-refractivity contribution in [2.75, 3.05) is 20.1 Å². The van der Waals surface area contributed by atoms with Gasteiger partial charge in [-0.1, -0.05) is 6.07 Å². The topological polar surface area (TPSA) is 36.1 Å². The van der Waals surface area contributed by atoms with Crippen LogP contribution in [0.1, 0.15) is 26.6 Å². The van der Waals surface area contributed by atoms with E-state index in [9.17, 15) is 4.79 Å². The maximum absolute atomic E-state index is 12.2. The van der Waals surface area contributed by atoms with Crippen LogP contribution in [0, 0.1) is 13.8 Å². The zero-order valence-electron chi connectivity index (χ0n) is 11.7. The summed E-state index contributed by atoms with van der Waals surface area (Å²) in [5.74, 6) is 0.190. The molecule has 0 bridgehead atoms. The van der Waals surface area contributed by atoms with Gasteiger partial charge in [0.25, 0.3) is 0 Å². The quantitative estimate of drug-likeness (QED) is 0.823. The maximum Gasteiger partial charge on any atom is 0.178 e. The minimum atomic E-state index is 0.190. The molecule has 2 aromatic rings. The first-order valence-electron chi connectivity index (χ1n) is 6.46. The molecule has 2 rings (SSSR count). The number of rotatable bonds is 6. The number of ketones is 1. The molecule has 2 aromatic heterocycles. The van der Waals surface area contributed by atoms with Crippen LogP contribution in [0.2, 0.25) is 0 Å². The number of Topliss-reactive ketones (excluding diaryl/α,β-unsaturated/α-hetero) is 1. The number of nitrogens with one attached hydrogen (secondary N) is 1. The third kappa shape index (κ3) is 3.78. The van der Waals surface area contributed by atoms with E-state index in [1.165, 1.54) is 4.88 Å². The fourth-order valence-electron chi connectivity index (χ4n) is 2.18. The Morgan fingerprint density at radius 3 is 2.79 bits per heavy atom. The second-order valence-corrected chi connectivity index (χ2v) is 6.01. The lowest BCUT2D eigenvalue weighted by atomic mass is 10.1. The Bertz CT molecular complexity index is 543. The Balaban J connectivity index is 1.86. The minimum absolute atomic E-state index is 0.190. The van der Waals surface area contributed by atoms with E-state index in [1.54, 1.807) is 11.3 Å². The first kappa shape index (κ1) is 14.0. The first-order chi connectivity index (χ1) is 9.06. The van der Waals surface area contributed by atoms with E-state index in [1.807, 2.05) is 27.0 Å². The molecule has 0 aliphatic carbocycles. The van der Waals surface area contributed by atoms with Crippen molar-refractivity contribution >= 4 is 17.1 Å². The smallest absolute Gasteiger partial charge is 0.178 e. The molecular weight excluding hydrogens is 256 g/mol. The van der Waals surface area contributed by atoms with Gasteiger partial charge in [0.1, 0.15) is 0 Å². The van der Waals surface area contributed by atoms with E-state index in [2.05, 4.69) is 27.4 Å². The van der Waals surface area contributed by atoms with E-state index >= 15 is 0 Å². The summed E-state index contributed by atoms with van der Waals surface area (Å²) >= 11 is 1.77. The van der Waals surface area contributed by atoms with Crippen LogP contribution < -0.4 is 0 Å². The third-order valence-electron chi connectivity index (χ3n) is 3.18. The summed E-state index contributed by atoms with van der Waals surface area (Å²) in [4.78, 5) is 18.8. The first-order valence-corrected chi connectivity index (χ1v) is 7.34. The molecule has 19 heavy (non-hydrogen) atoms. The zero-order valence-corrected chi connectivity index (χ0v) is 12.5. The number of likely N-dealkylation sites (N-methyl/N-ethyl adjacent to an activating group) is 1. The molecule has 0 aromatic carbocycles. The fraction of sp³-hybridized carbons (Fsp3) is 0.400. The summed E-state index contributed by atoms with van der Waals surface area (Å²) in [6.45, 7) is 5.31. The number of aromatic nitrogens is 1. The average Bonchev–Trinajstić information content (AvgIpc) is 2.96. The van der Waals surface area contributed by atoms with Crippen LogP contribution in [-0.4, -0.2) is 35.8 Å². The number of thiophene rings is 1. The Morgan fingerprint density at radius 2 is 2.21 bits per heavy atom. The van der Waals surface area contributed by atoms with Crippen molar-refractivity contribution in [2.45, 2.75) is 20.3 Å². The summed E-state index contributed by atoms with van der Waals surface area (Å²) in [6, 6.07) is 6.14. The second-order valence-electron chi connectivity index (χ2n) is 4.98. The highest BCUT2D eigenvalue weighted by molar-refractivity contribution is 7.09. The van der Waals surface area contributed by atoms with Gasteiger partial charge in [0.15, 0.2) is 5.78 Å². The molecule has 0 radical (unpaired) electrons. The molecule has 0 atom stereocenters. The lowest BCUT2D eigenvalue weighted by Crippen LogP contribution is -2.28. The molecular formula is C15H20N2OS. The maximum atomic E-state index is 12.2. The van der Waals surface area contributed by atoms with Crippen molar-refractivity contribution in [1.82, 2.24) is 9.88 Å². The van der Waals surface area contributed by atoms with Crippen molar-refractivity contribution in [3.8, 4) is 0 Å². The molecule has 2 heterocycles. The van der Waals surface area contributed by atoms with Crippen LogP contribution in [0.3, 0.4) is 0 Å². The lowest BCUT2D eigenvalue weighted by Gasteiger charge is -2.14. The van der Waals surface area contributed by atoms with Crippen molar-refractivity contribution in [1.29, 1.82) is 0 Å². The molecule has 0 saturated heterocycles. The number of hydrogen-bond acceptors (Lipinski definition) is 3. The number of hydrogen-bond donors (Lipinski definition) is 1. The van der Waals surface area contributed by atoms with Gasteiger partial charge in [0.05, 0.1) is 6.54 Å². The van der Waals surface area contributed by atoms with Crippen LogP contribution in [0.5, 0.6) is 0 Å². The van der Waals surface area contributed by atoms with Gasteiger partial charge in [-0.3, -0.25) is 9.69 Å². The molecule has 0 amide bonds.